The van der Waals surface area contributed by atoms with E-state index in [1.807, 2.05) is 36.4 Å². The van der Waals surface area contributed by atoms with Gasteiger partial charge in [-0.25, -0.2) is 0 Å². The Morgan fingerprint density at radius 2 is 2.04 bits per heavy atom. The molecule has 2 aromatic carbocycles. The second-order valence-electron chi connectivity index (χ2n) is 5.83. The molecule has 1 aromatic heterocycles. The van der Waals surface area contributed by atoms with Crippen molar-refractivity contribution in [1.29, 1.82) is 0 Å². The first-order valence-corrected chi connectivity index (χ1v) is 8.11. The Hall–Kier alpha value is -3.08. The molecule has 0 saturated carbocycles. The molecule has 1 amide bonds. The number of hydrogen-bond donors (Lipinski definition) is 2. The molecule has 3 rings (SSSR count). The number of hydrogen-bond acceptors (Lipinski definition) is 3. The summed E-state index contributed by atoms with van der Waals surface area (Å²) in [6.07, 6.45) is 1.51. The lowest BCUT2D eigenvalue weighted by atomic mass is 9.99. The van der Waals surface area contributed by atoms with Gasteiger partial charge in [-0.2, -0.15) is 0 Å². The van der Waals surface area contributed by atoms with Gasteiger partial charge in [0, 0.05) is 35.5 Å². The van der Waals surface area contributed by atoms with Crippen molar-refractivity contribution < 1.29 is 14.3 Å². The minimum atomic E-state index is -0.0627. The van der Waals surface area contributed by atoms with Crippen LogP contribution in [-0.2, 0) is 11.2 Å². The molecule has 0 spiro atoms. The van der Waals surface area contributed by atoms with Gasteiger partial charge in [0.25, 0.3) is 0 Å². The number of aromatic amines is 1. The molecule has 0 fully saturated rings. The highest BCUT2D eigenvalue weighted by Crippen LogP contribution is 2.34. The van der Waals surface area contributed by atoms with Crippen molar-refractivity contribution in [2.24, 2.45) is 0 Å². The second kappa shape index (κ2) is 7.21. The lowest BCUT2D eigenvalue weighted by molar-refractivity contribution is -0.118. The molecule has 25 heavy (non-hydrogen) atoms. The van der Waals surface area contributed by atoms with E-state index in [0.717, 1.165) is 39.8 Å². The molecule has 0 aliphatic heterocycles. The van der Waals surface area contributed by atoms with Crippen molar-refractivity contribution in [1.82, 2.24) is 10.3 Å². The predicted octanol–water partition coefficient (Wildman–Crippen LogP) is 3.33. The van der Waals surface area contributed by atoms with Crippen molar-refractivity contribution in [2.45, 2.75) is 13.3 Å². The van der Waals surface area contributed by atoms with E-state index in [0.29, 0.717) is 18.5 Å². The van der Waals surface area contributed by atoms with Crippen molar-refractivity contribution in [3.05, 3.63) is 53.6 Å². The monoisotopic (exact) mass is 336 g/mol. The van der Waals surface area contributed by atoms with E-state index >= 15 is 0 Å². The fourth-order valence-electron chi connectivity index (χ4n) is 3.03. The van der Waals surface area contributed by atoms with Crippen molar-refractivity contribution in [3.8, 4) is 17.0 Å². The number of aldehydes is 1. The number of carbonyl (C=O) groups is 2. The van der Waals surface area contributed by atoms with Gasteiger partial charge in [-0.15, -0.1) is 0 Å². The third kappa shape index (κ3) is 3.40. The van der Waals surface area contributed by atoms with Crippen molar-refractivity contribution in [2.75, 3.05) is 13.7 Å². The van der Waals surface area contributed by atoms with Gasteiger partial charge in [0.1, 0.15) is 5.75 Å². The third-order valence-electron chi connectivity index (χ3n) is 4.22. The molecule has 128 valence electrons. The lowest BCUT2D eigenvalue weighted by Gasteiger charge is -2.08. The van der Waals surface area contributed by atoms with E-state index in [1.54, 1.807) is 13.2 Å². The number of carbonyl (C=O) groups excluding carboxylic acids is 2. The Labute approximate surface area is 146 Å². The average molecular weight is 336 g/mol. The maximum atomic E-state index is 11.4. The van der Waals surface area contributed by atoms with Crippen LogP contribution in [0.3, 0.4) is 0 Å². The van der Waals surface area contributed by atoms with Gasteiger partial charge in [-0.3, -0.25) is 9.59 Å². The normalized spacial score (nSPS) is 10.6. The summed E-state index contributed by atoms with van der Waals surface area (Å²) in [5.74, 6) is 0.703. The van der Waals surface area contributed by atoms with Crippen molar-refractivity contribution in [3.63, 3.8) is 0 Å². The molecule has 0 radical (unpaired) electrons. The fourth-order valence-corrected chi connectivity index (χ4v) is 3.03. The molecule has 5 heteroatoms. The van der Waals surface area contributed by atoms with Gasteiger partial charge in [0.2, 0.25) is 5.91 Å². The molecule has 0 unspecified atom stereocenters. The highest BCUT2D eigenvalue weighted by molar-refractivity contribution is 5.95. The first-order valence-electron chi connectivity index (χ1n) is 8.11. The van der Waals surface area contributed by atoms with Crippen LogP contribution in [0.25, 0.3) is 22.2 Å². The van der Waals surface area contributed by atoms with Crippen LogP contribution in [0.4, 0.5) is 0 Å². The fraction of sp³-hybridized carbons (Fsp3) is 0.200. The zero-order valence-electron chi connectivity index (χ0n) is 14.3. The Morgan fingerprint density at radius 3 is 2.76 bits per heavy atom. The summed E-state index contributed by atoms with van der Waals surface area (Å²) in [4.78, 5) is 26.1. The van der Waals surface area contributed by atoms with Gasteiger partial charge in [0.15, 0.2) is 6.29 Å². The summed E-state index contributed by atoms with van der Waals surface area (Å²) in [5.41, 5.74) is 4.40. The van der Waals surface area contributed by atoms with Gasteiger partial charge in [-0.1, -0.05) is 24.3 Å². The van der Waals surface area contributed by atoms with E-state index in [4.69, 9.17) is 4.74 Å². The van der Waals surface area contributed by atoms with Crippen LogP contribution < -0.4 is 10.1 Å². The average Bonchev–Trinajstić information content (AvgIpc) is 2.99. The molecule has 0 aliphatic rings. The highest BCUT2D eigenvalue weighted by Gasteiger charge is 2.16. The van der Waals surface area contributed by atoms with E-state index in [-0.39, 0.29) is 5.91 Å². The van der Waals surface area contributed by atoms with Crippen LogP contribution in [-0.4, -0.2) is 30.8 Å². The van der Waals surface area contributed by atoms with E-state index in [2.05, 4.69) is 10.3 Å². The summed E-state index contributed by atoms with van der Waals surface area (Å²) >= 11 is 0. The predicted molar refractivity (Wildman–Crippen MR) is 98.1 cm³/mol. The van der Waals surface area contributed by atoms with Crippen LogP contribution in [0.15, 0.2) is 42.5 Å². The summed E-state index contributed by atoms with van der Waals surface area (Å²) in [7, 11) is 1.63. The molecule has 2 N–H and O–H groups in total. The van der Waals surface area contributed by atoms with Gasteiger partial charge in [0.05, 0.1) is 12.8 Å². The number of methoxy groups -OCH3 is 1. The molecular formula is C20H20N2O3. The largest absolute Gasteiger partial charge is 0.497 e. The molecule has 1 heterocycles. The van der Waals surface area contributed by atoms with Crippen LogP contribution in [0.5, 0.6) is 5.75 Å². The first kappa shape index (κ1) is 16.8. The number of ether oxygens (including phenoxy) is 1. The summed E-state index contributed by atoms with van der Waals surface area (Å²) < 4.78 is 5.34. The molecular weight excluding hydrogens is 316 g/mol. The SMILES string of the molecule is COc1ccc2[nH]c(-c3ccccc3C=O)c(CCNC(C)=O)c2c1. The number of rotatable bonds is 6. The minimum Gasteiger partial charge on any atom is -0.497 e. The number of aromatic nitrogens is 1. The Balaban J connectivity index is 2.15. The molecule has 0 bridgehead atoms. The zero-order chi connectivity index (χ0) is 17.8. The Bertz CT molecular complexity index is 928. The van der Waals surface area contributed by atoms with Crippen LogP contribution in [0, 0.1) is 0 Å². The lowest BCUT2D eigenvalue weighted by Crippen LogP contribution is -2.22. The quantitative estimate of drug-likeness (QED) is 0.678. The number of amides is 1. The van der Waals surface area contributed by atoms with Gasteiger partial charge >= 0.3 is 0 Å². The molecule has 0 aliphatic carbocycles. The van der Waals surface area contributed by atoms with E-state index < -0.39 is 0 Å². The Kier molecular flexibility index (Phi) is 4.84. The summed E-state index contributed by atoms with van der Waals surface area (Å²) in [5, 5.41) is 3.86. The third-order valence-corrected chi connectivity index (χ3v) is 4.22. The zero-order valence-corrected chi connectivity index (χ0v) is 14.3. The highest BCUT2D eigenvalue weighted by atomic mass is 16.5. The first-order chi connectivity index (χ1) is 12.1. The van der Waals surface area contributed by atoms with Gasteiger partial charge in [-0.05, 0) is 30.2 Å². The number of nitrogens with one attached hydrogen (secondary N) is 2. The van der Waals surface area contributed by atoms with Crippen LogP contribution in [0.1, 0.15) is 22.8 Å². The number of fused-ring (bicyclic) bond motifs is 1. The van der Waals surface area contributed by atoms with Crippen LogP contribution >= 0.6 is 0 Å². The smallest absolute Gasteiger partial charge is 0.216 e. The van der Waals surface area contributed by atoms with Crippen LogP contribution in [0.2, 0.25) is 0 Å². The maximum absolute atomic E-state index is 11.4. The van der Waals surface area contributed by atoms with Crippen molar-refractivity contribution >= 4 is 23.1 Å². The summed E-state index contributed by atoms with van der Waals surface area (Å²) in [6, 6.07) is 13.3. The Morgan fingerprint density at radius 1 is 1.24 bits per heavy atom. The molecule has 5 nitrogen and oxygen atoms in total. The molecule has 3 aromatic rings. The number of H-pyrrole nitrogens is 1. The summed E-state index contributed by atoms with van der Waals surface area (Å²) in [6.45, 7) is 2.02. The standard InChI is InChI=1S/C20H20N2O3/c1-13(24)21-10-9-17-18-11-15(25-2)7-8-19(18)22-20(17)16-6-4-3-5-14(16)12-23/h3-8,11-12,22H,9-10H2,1-2H3,(H,21,24). The second-order valence-corrected chi connectivity index (χ2v) is 5.83. The molecule has 0 atom stereocenters. The van der Waals surface area contributed by atoms with E-state index in [1.165, 1.54) is 6.92 Å². The number of benzene rings is 2. The topological polar surface area (TPSA) is 71.2 Å². The maximum Gasteiger partial charge on any atom is 0.216 e. The molecule has 0 saturated heterocycles. The van der Waals surface area contributed by atoms with Gasteiger partial charge < -0.3 is 15.0 Å². The van der Waals surface area contributed by atoms with E-state index in [9.17, 15) is 9.59 Å². The minimum absolute atomic E-state index is 0.0627.